The lowest BCUT2D eigenvalue weighted by Crippen LogP contribution is -2.27. The first-order chi connectivity index (χ1) is 15.2. The van der Waals surface area contributed by atoms with Crippen molar-refractivity contribution in [2.75, 3.05) is 6.61 Å². The van der Waals surface area contributed by atoms with Crippen LogP contribution in [0.1, 0.15) is 30.6 Å². The lowest BCUT2D eigenvalue weighted by atomic mass is 10.1. The van der Waals surface area contributed by atoms with E-state index in [1.54, 1.807) is 16.8 Å². The van der Waals surface area contributed by atoms with Crippen molar-refractivity contribution in [1.29, 1.82) is 0 Å². The van der Waals surface area contributed by atoms with Crippen molar-refractivity contribution in [3.05, 3.63) is 76.5 Å². The summed E-state index contributed by atoms with van der Waals surface area (Å²) in [7, 11) is 0. The van der Waals surface area contributed by atoms with Crippen LogP contribution in [0.15, 0.2) is 71.6 Å². The third-order valence-electron chi connectivity index (χ3n) is 4.80. The van der Waals surface area contributed by atoms with E-state index in [1.807, 2.05) is 66.1 Å². The van der Waals surface area contributed by atoms with E-state index < -0.39 is 5.91 Å². The van der Waals surface area contributed by atoms with Gasteiger partial charge in [0.25, 0.3) is 5.91 Å². The van der Waals surface area contributed by atoms with Gasteiger partial charge in [-0.3, -0.25) is 14.8 Å². The van der Waals surface area contributed by atoms with Crippen molar-refractivity contribution < 1.29 is 19.5 Å². The number of carbonyl (C=O) groups is 2. The fraction of sp³-hybridized carbons (Fsp3) is 0.250. The number of unbranched alkanes of at least 4 members (excludes halogenated alkanes) is 2. The number of ether oxygens (including phenoxy) is 1. The summed E-state index contributed by atoms with van der Waals surface area (Å²) in [5.41, 5.74) is 2.18. The molecule has 0 aliphatic heterocycles. The lowest BCUT2D eigenvalue weighted by molar-refractivity contribution is -0.129. The zero-order chi connectivity index (χ0) is 21.9. The maximum atomic E-state index is 12.8. The second-order valence-corrected chi connectivity index (χ2v) is 8.07. The summed E-state index contributed by atoms with van der Waals surface area (Å²) in [6.07, 6.45) is 4.10. The number of hydrogen-bond donors (Lipinski definition) is 3. The number of nitrogens with one attached hydrogen (secondary N) is 2. The van der Waals surface area contributed by atoms with E-state index in [1.165, 1.54) is 0 Å². The quantitative estimate of drug-likeness (QED) is 0.177. The average molecular weight is 439 g/mol. The topological polar surface area (TPSA) is 87.7 Å². The molecule has 3 aromatic rings. The molecule has 2 amide bonds. The SMILES string of the molecule is O=C(CCCCC=C(COc1cccc2ccccc12)C(=O)NCc1cccs1)NO. The highest BCUT2D eigenvalue weighted by Gasteiger charge is 2.12. The van der Waals surface area contributed by atoms with Crippen LogP contribution >= 0.6 is 11.3 Å². The van der Waals surface area contributed by atoms with Gasteiger partial charge in [-0.2, -0.15) is 0 Å². The van der Waals surface area contributed by atoms with E-state index in [4.69, 9.17) is 9.94 Å². The molecule has 0 atom stereocenters. The molecule has 162 valence electrons. The van der Waals surface area contributed by atoms with Crippen molar-refractivity contribution >= 4 is 33.9 Å². The summed E-state index contributed by atoms with van der Waals surface area (Å²) in [4.78, 5) is 25.0. The zero-order valence-electron chi connectivity index (χ0n) is 17.2. The molecule has 0 saturated heterocycles. The van der Waals surface area contributed by atoms with Crippen LogP contribution < -0.4 is 15.5 Å². The predicted octanol–water partition coefficient (Wildman–Crippen LogP) is 4.59. The molecule has 0 radical (unpaired) electrons. The summed E-state index contributed by atoms with van der Waals surface area (Å²) in [5, 5.41) is 15.6. The fourth-order valence-corrected chi connectivity index (χ4v) is 3.79. The Labute approximate surface area is 185 Å². The van der Waals surface area contributed by atoms with Gasteiger partial charge in [0.2, 0.25) is 5.91 Å². The van der Waals surface area contributed by atoms with E-state index >= 15 is 0 Å². The number of hydroxylamine groups is 1. The van der Waals surface area contributed by atoms with Crippen molar-refractivity contribution in [3.63, 3.8) is 0 Å². The second-order valence-electron chi connectivity index (χ2n) is 7.04. The standard InChI is InChI=1S/C24H26N2O4S/c27-23(26-29)14-3-1-2-9-19(24(28)25-16-20-11-7-15-31-20)17-30-22-13-6-10-18-8-4-5-12-21(18)22/h4-13,15,29H,1-3,14,16-17H2,(H,25,28)(H,26,27). The summed E-state index contributed by atoms with van der Waals surface area (Å²) in [6, 6.07) is 17.7. The highest BCUT2D eigenvalue weighted by Crippen LogP contribution is 2.25. The molecule has 0 saturated carbocycles. The normalized spacial score (nSPS) is 11.3. The van der Waals surface area contributed by atoms with Gasteiger partial charge in [-0.1, -0.05) is 48.5 Å². The van der Waals surface area contributed by atoms with Crippen LogP contribution in [0.3, 0.4) is 0 Å². The Bertz CT molecular complexity index is 1030. The fourth-order valence-electron chi connectivity index (χ4n) is 3.15. The van der Waals surface area contributed by atoms with Crippen molar-refractivity contribution in [2.24, 2.45) is 0 Å². The number of hydrogen-bond acceptors (Lipinski definition) is 5. The smallest absolute Gasteiger partial charge is 0.250 e. The Morgan fingerprint density at radius 1 is 1.03 bits per heavy atom. The molecule has 0 fully saturated rings. The van der Waals surface area contributed by atoms with Gasteiger partial charge in [-0.05, 0) is 42.2 Å². The average Bonchev–Trinajstić information content (AvgIpc) is 3.32. The van der Waals surface area contributed by atoms with Crippen molar-refractivity contribution in [3.8, 4) is 5.75 Å². The van der Waals surface area contributed by atoms with Crippen LogP contribution in [-0.2, 0) is 16.1 Å². The summed E-state index contributed by atoms with van der Waals surface area (Å²) < 4.78 is 6.03. The van der Waals surface area contributed by atoms with Gasteiger partial charge in [0, 0.05) is 16.7 Å². The molecule has 0 aliphatic rings. The minimum atomic E-state index is -0.405. The summed E-state index contributed by atoms with van der Waals surface area (Å²) in [6.45, 7) is 0.625. The Morgan fingerprint density at radius 3 is 2.68 bits per heavy atom. The van der Waals surface area contributed by atoms with Crippen LogP contribution in [0.2, 0.25) is 0 Å². The zero-order valence-corrected chi connectivity index (χ0v) is 18.0. The monoisotopic (exact) mass is 438 g/mol. The number of allylic oxidation sites excluding steroid dienone is 1. The second kappa shape index (κ2) is 11.9. The number of benzene rings is 2. The molecule has 0 aliphatic carbocycles. The van der Waals surface area contributed by atoms with Crippen LogP contribution in [0.5, 0.6) is 5.75 Å². The number of thiophene rings is 1. The van der Waals surface area contributed by atoms with Crippen molar-refractivity contribution in [2.45, 2.75) is 32.2 Å². The lowest BCUT2D eigenvalue weighted by Gasteiger charge is -2.12. The van der Waals surface area contributed by atoms with Crippen LogP contribution in [0.4, 0.5) is 0 Å². The molecule has 7 heteroatoms. The highest BCUT2D eigenvalue weighted by molar-refractivity contribution is 7.09. The molecule has 2 aromatic carbocycles. The first-order valence-corrected chi connectivity index (χ1v) is 11.1. The van der Waals surface area contributed by atoms with E-state index in [0.29, 0.717) is 25.0 Å². The van der Waals surface area contributed by atoms with Crippen LogP contribution in [0.25, 0.3) is 10.8 Å². The minimum Gasteiger partial charge on any atom is -0.488 e. The Hall–Kier alpha value is -3.16. The molecule has 0 bridgehead atoms. The van der Waals surface area contributed by atoms with Crippen LogP contribution in [-0.4, -0.2) is 23.6 Å². The van der Waals surface area contributed by atoms with Gasteiger partial charge in [0.1, 0.15) is 12.4 Å². The molecule has 0 spiro atoms. The maximum Gasteiger partial charge on any atom is 0.250 e. The van der Waals surface area contributed by atoms with Gasteiger partial charge >= 0.3 is 0 Å². The molecular formula is C24H26N2O4S. The third kappa shape index (κ3) is 6.94. The molecule has 3 rings (SSSR count). The van der Waals surface area contributed by atoms with Gasteiger partial charge in [-0.15, -0.1) is 11.3 Å². The van der Waals surface area contributed by atoms with Gasteiger partial charge in [-0.25, -0.2) is 5.48 Å². The van der Waals surface area contributed by atoms with E-state index in [9.17, 15) is 9.59 Å². The van der Waals surface area contributed by atoms with Gasteiger partial charge < -0.3 is 10.1 Å². The molecular weight excluding hydrogens is 412 g/mol. The number of rotatable bonds is 11. The molecule has 0 unspecified atom stereocenters. The number of carbonyl (C=O) groups excluding carboxylic acids is 2. The number of fused-ring (bicyclic) bond motifs is 1. The van der Waals surface area contributed by atoms with Crippen molar-refractivity contribution in [1.82, 2.24) is 10.8 Å². The first kappa shape index (κ1) is 22.5. The molecule has 1 heterocycles. The highest BCUT2D eigenvalue weighted by atomic mass is 32.1. The van der Waals surface area contributed by atoms with Crippen LogP contribution in [0, 0.1) is 0 Å². The molecule has 1 aromatic heterocycles. The summed E-state index contributed by atoms with van der Waals surface area (Å²) in [5.74, 6) is 0.161. The summed E-state index contributed by atoms with van der Waals surface area (Å²) >= 11 is 1.59. The molecule has 31 heavy (non-hydrogen) atoms. The van der Waals surface area contributed by atoms with E-state index in [2.05, 4.69) is 5.32 Å². The first-order valence-electron chi connectivity index (χ1n) is 10.2. The minimum absolute atomic E-state index is 0.154. The maximum absolute atomic E-state index is 12.8. The Morgan fingerprint density at radius 2 is 1.87 bits per heavy atom. The number of amides is 2. The largest absolute Gasteiger partial charge is 0.488 e. The van der Waals surface area contributed by atoms with Gasteiger partial charge in [0.15, 0.2) is 0 Å². The van der Waals surface area contributed by atoms with Gasteiger partial charge in [0.05, 0.1) is 12.1 Å². The molecule has 3 N–H and O–H groups in total. The third-order valence-corrected chi connectivity index (χ3v) is 5.68. The van der Waals surface area contributed by atoms with E-state index in [-0.39, 0.29) is 18.9 Å². The predicted molar refractivity (Wildman–Crippen MR) is 122 cm³/mol. The molecule has 6 nitrogen and oxygen atoms in total. The van der Waals surface area contributed by atoms with E-state index in [0.717, 1.165) is 27.8 Å². The Kier molecular flexibility index (Phi) is 8.63. The Balaban J connectivity index is 1.64.